The lowest BCUT2D eigenvalue weighted by atomic mass is 10.3. The number of rotatable bonds is 5. The van der Waals surface area contributed by atoms with E-state index in [0.717, 1.165) is 17.0 Å². The number of halogens is 2. The van der Waals surface area contributed by atoms with E-state index in [2.05, 4.69) is 15.5 Å². The van der Waals surface area contributed by atoms with Crippen molar-refractivity contribution < 1.29 is 22.0 Å². The zero-order valence-corrected chi connectivity index (χ0v) is 12.2. The molecule has 1 aromatic heterocycles. The number of sulfone groups is 1. The quantitative estimate of drug-likeness (QED) is 0.859. The van der Waals surface area contributed by atoms with Crippen LogP contribution >= 0.6 is 0 Å². The van der Waals surface area contributed by atoms with Crippen molar-refractivity contribution in [2.45, 2.75) is 17.2 Å². The standard InChI is InChI=1S/C12H9F2N5O3S/c13-12(14)23(21,22)9-4-2-1-3-8(9)17-11(20)6-19-7-16-18-10(19)5-15/h1-4,7,12H,6H2,(H,17,20). The van der Waals surface area contributed by atoms with Gasteiger partial charge in [0.05, 0.1) is 10.6 Å². The molecule has 23 heavy (non-hydrogen) atoms. The molecule has 0 aliphatic heterocycles. The minimum Gasteiger partial charge on any atom is -0.323 e. The second-order valence-corrected chi connectivity index (χ2v) is 6.13. The smallest absolute Gasteiger partial charge is 0.323 e. The van der Waals surface area contributed by atoms with Gasteiger partial charge >= 0.3 is 5.76 Å². The minimum absolute atomic E-state index is 0.117. The third-order valence-corrected chi connectivity index (χ3v) is 4.17. The second kappa shape index (κ2) is 6.49. The van der Waals surface area contributed by atoms with Gasteiger partial charge in [0, 0.05) is 0 Å². The Balaban J connectivity index is 2.25. The van der Waals surface area contributed by atoms with E-state index in [0.29, 0.717) is 0 Å². The summed E-state index contributed by atoms with van der Waals surface area (Å²) in [5.41, 5.74) is -0.274. The Hall–Kier alpha value is -2.87. The van der Waals surface area contributed by atoms with Crippen LogP contribution in [0.2, 0.25) is 0 Å². The zero-order chi connectivity index (χ0) is 17.0. The minimum atomic E-state index is -4.86. The molecule has 1 heterocycles. The fourth-order valence-corrected chi connectivity index (χ4v) is 2.60. The summed E-state index contributed by atoms with van der Waals surface area (Å²) in [5, 5.41) is 17.9. The first kappa shape index (κ1) is 16.5. The van der Waals surface area contributed by atoms with Gasteiger partial charge in [0.15, 0.2) is 0 Å². The van der Waals surface area contributed by atoms with Crippen molar-refractivity contribution in [2.75, 3.05) is 5.32 Å². The van der Waals surface area contributed by atoms with E-state index >= 15 is 0 Å². The molecule has 2 rings (SSSR count). The maximum atomic E-state index is 12.7. The predicted octanol–water partition coefficient (Wildman–Crippen LogP) is 0.785. The Labute approximate surface area is 129 Å². The molecule has 0 radical (unpaired) electrons. The van der Waals surface area contributed by atoms with Crippen LogP contribution in [0.3, 0.4) is 0 Å². The number of hydrogen-bond acceptors (Lipinski definition) is 6. The number of nitrogens with zero attached hydrogens (tertiary/aromatic N) is 4. The fraction of sp³-hybridized carbons (Fsp3) is 0.167. The molecule has 0 aliphatic rings. The summed E-state index contributed by atoms with van der Waals surface area (Å²) >= 11 is 0. The van der Waals surface area contributed by atoms with Gasteiger partial charge in [-0.25, -0.2) is 8.42 Å². The van der Waals surface area contributed by atoms with Gasteiger partial charge in [-0.2, -0.15) is 14.0 Å². The predicted molar refractivity (Wildman–Crippen MR) is 73.0 cm³/mol. The molecule has 0 bridgehead atoms. The van der Waals surface area contributed by atoms with Crippen LogP contribution in [-0.2, 0) is 21.2 Å². The first-order valence-electron chi connectivity index (χ1n) is 6.05. The van der Waals surface area contributed by atoms with Crippen LogP contribution in [0.15, 0.2) is 35.5 Å². The van der Waals surface area contributed by atoms with E-state index in [1.54, 1.807) is 6.07 Å². The van der Waals surface area contributed by atoms with E-state index in [-0.39, 0.29) is 18.1 Å². The van der Waals surface area contributed by atoms with Crippen molar-refractivity contribution >= 4 is 21.4 Å². The van der Waals surface area contributed by atoms with E-state index in [1.165, 1.54) is 18.2 Å². The van der Waals surface area contributed by atoms with E-state index < -0.39 is 26.4 Å². The van der Waals surface area contributed by atoms with Crippen LogP contribution in [0, 0.1) is 11.3 Å². The van der Waals surface area contributed by atoms with E-state index in [1.807, 2.05) is 0 Å². The number of para-hydroxylation sites is 1. The van der Waals surface area contributed by atoms with Crippen molar-refractivity contribution in [3.63, 3.8) is 0 Å². The molecular formula is C12H9F2N5O3S. The van der Waals surface area contributed by atoms with Crippen LogP contribution in [-0.4, -0.2) is 34.8 Å². The van der Waals surface area contributed by atoms with Gasteiger partial charge in [-0.05, 0) is 12.1 Å². The molecular weight excluding hydrogens is 332 g/mol. The highest BCUT2D eigenvalue weighted by Crippen LogP contribution is 2.26. The Morgan fingerprint density at radius 1 is 1.39 bits per heavy atom. The summed E-state index contributed by atoms with van der Waals surface area (Å²) in [7, 11) is -4.86. The molecule has 1 N–H and O–H groups in total. The summed E-state index contributed by atoms with van der Waals surface area (Å²) in [6, 6.07) is 6.51. The average Bonchev–Trinajstić information content (AvgIpc) is 2.94. The Bertz CT molecular complexity index is 873. The largest absolute Gasteiger partial charge is 0.341 e. The average molecular weight is 341 g/mol. The molecule has 0 saturated heterocycles. The topological polar surface area (TPSA) is 118 Å². The number of amides is 1. The molecule has 2 aromatic rings. The molecule has 1 aromatic carbocycles. The summed E-state index contributed by atoms with van der Waals surface area (Å²) < 4.78 is 49.6. The Morgan fingerprint density at radius 2 is 2.09 bits per heavy atom. The third-order valence-electron chi connectivity index (χ3n) is 2.73. The summed E-state index contributed by atoms with van der Waals surface area (Å²) in [5.74, 6) is -4.45. The molecule has 0 saturated carbocycles. The molecule has 11 heteroatoms. The SMILES string of the molecule is N#Cc1nncn1CC(=O)Nc1ccccc1S(=O)(=O)C(F)F. The maximum absolute atomic E-state index is 12.7. The van der Waals surface area contributed by atoms with Gasteiger partial charge in [-0.1, -0.05) is 12.1 Å². The molecule has 0 atom stereocenters. The first-order valence-corrected chi connectivity index (χ1v) is 7.59. The number of anilines is 1. The lowest BCUT2D eigenvalue weighted by Crippen LogP contribution is -2.21. The molecule has 8 nitrogen and oxygen atoms in total. The molecule has 0 fully saturated rings. The van der Waals surface area contributed by atoms with Gasteiger partial charge in [0.1, 0.15) is 18.9 Å². The van der Waals surface area contributed by atoms with E-state index in [9.17, 15) is 22.0 Å². The molecule has 0 aliphatic carbocycles. The molecule has 120 valence electrons. The monoisotopic (exact) mass is 341 g/mol. The molecule has 0 unspecified atom stereocenters. The summed E-state index contributed by atoms with van der Waals surface area (Å²) in [6.07, 6.45) is 1.14. The number of alkyl halides is 2. The van der Waals surface area contributed by atoms with Crippen molar-refractivity contribution in [3.8, 4) is 6.07 Å². The molecule has 0 spiro atoms. The van der Waals surface area contributed by atoms with Crippen molar-refractivity contribution in [3.05, 3.63) is 36.4 Å². The van der Waals surface area contributed by atoms with Crippen molar-refractivity contribution in [1.29, 1.82) is 5.26 Å². The normalized spacial score (nSPS) is 11.2. The van der Waals surface area contributed by atoms with Gasteiger partial charge < -0.3 is 5.32 Å². The Kier molecular flexibility index (Phi) is 4.65. The Morgan fingerprint density at radius 3 is 2.74 bits per heavy atom. The highest BCUT2D eigenvalue weighted by molar-refractivity contribution is 7.91. The van der Waals surface area contributed by atoms with Crippen LogP contribution in [0.4, 0.5) is 14.5 Å². The summed E-state index contributed by atoms with van der Waals surface area (Å²) in [4.78, 5) is 11.2. The third kappa shape index (κ3) is 3.49. The van der Waals surface area contributed by atoms with Crippen molar-refractivity contribution in [1.82, 2.24) is 14.8 Å². The highest BCUT2D eigenvalue weighted by Gasteiger charge is 2.29. The highest BCUT2D eigenvalue weighted by atomic mass is 32.2. The number of nitrogens with one attached hydrogen (secondary N) is 1. The zero-order valence-electron chi connectivity index (χ0n) is 11.3. The van der Waals surface area contributed by atoms with Crippen LogP contribution < -0.4 is 5.32 Å². The second-order valence-electron chi connectivity index (χ2n) is 4.24. The van der Waals surface area contributed by atoms with Gasteiger partial charge in [-0.15, -0.1) is 10.2 Å². The van der Waals surface area contributed by atoms with Crippen LogP contribution in [0.25, 0.3) is 0 Å². The van der Waals surface area contributed by atoms with Gasteiger partial charge in [0.2, 0.25) is 21.6 Å². The number of nitriles is 1. The lowest BCUT2D eigenvalue weighted by Gasteiger charge is -2.11. The number of hydrogen-bond donors (Lipinski definition) is 1. The number of benzene rings is 1. The number of aromatic nitrogens is 3. The van der Waals surface area contributed by atoms with Gasteiger partial charge in [0.25, 0.3) is 0 Å². The fourth-order valence-electron chi connectivity index (χ4n) is 1.72. The van der Waals surface area contributed by atoms with Crippen molar-refractivity contribution in [2.24, 2.45) is 0 Å². The van der Waals surface area contributed by atoms with E-state index in [4.69, 9.17) is 5.26 Å². The number of carbonyl (C=O) groups excluding carboxylic acids is 1. The summed E-state index contributed by atoms with van der Waals surface area (Å²) in [6.45, 7) is -0.376. The van der Waals surface area contributed by atoms with Crippen LogP contribution in [0.5, 0.6) is 0 Å². The molecule has 1 amide bonds. The first-order chi connectivity index (χ1) is 10.9. The lowest BCUT2D eigenvalue weighted by molar-refractivity contribution is -0.116. The van der Waals surface area contributed by atoms with Crippen LogP contribution in [0.1, 0.15) is 5.82 Å². The number of carbonyl (C=O) groups is 1. The van der Waals surface area contributed by atoms with Gasteiger partial charge in [-0.3, -0.25) is 9.36 Å². The maximum Gasteiger partial charge on any atom is 0.341 e.